The van der Waals surface area contributed by atoms with E-state index in [1.807, 2.05) is 6.92 Å². The molecule has 20 heavy (non-hydrogen) atoms. The zero-order chi connectivity index (χ0) is 14.6. The number of sulfonamides is 1. The molecular weight excluding hydrogens is 276 g/mol. The highest BCUT2D eigenvalue weighted by atomic mass is 32.2. The Morgan fingerprint density at radius 2 is 2.30 bits per heavy atom. The van der Waals surface area contributed by atoms with Crippen LogP contribution in [0.4, 0.5) is 0 Å². The molecule has 2 rings (SSSR count). The molecule has 1 aromatic rings. The Hall–Kier alpha value is -0.920. The summed E-state index contributed by atoms with van der Waals surface area (Å²) in [5.74, 6) is 0. The SMILES string of the molecule is CCCN(CC1CCCCN1)S(=O)(=O)c1cn(C)cn1. The van der Waals surface area contributed by atoms with Gasteiger partial charge in [-0.15, -0.1) is 0 Å². The minimum Gasteiger partial charge on any atom is -0.339 e. The van der Waals surface area contributed by atoms with E-state index in [0.29, 0.717) is 13.1 Å². The summed E-state index contributed by atoms with van der Waals surface area (Å²) in [6, 6.07) is 0.258. The van der Waals surface area contributed by atoms with Crippen LogP contribution < -0.4 is 5.32 Å². The fourth-order valence-corrected chi connectivity index (χ4v) is 4.08. The summed E-state index contributed by atoms with van der Waals surface area (Å²) in [5.41, 5.74) is 0. The summed E-state index contributed by atoms with van der Waals surface area (Å²) in [6.45, 7) is 4.05. The first-order valence-corrected chi connectivity index (χ1v) is 8.69. The minimum atomic E-state index is -3.48. The van der Waals surface area contributed by atoms with Crippen LogP contribution in [0.1, 0.15) is 32.6 Å². The molecule has 0 aromatic carbocycles. The van der Waals surface area contributed by atoms with E-state index in [1.54, 1.807) is 22.1 Å². The van der Waals surface area contributed by atoms with Gasteiger partial charge in [-0.25, -0.2) is 13.4 Å². The largest absolute Gasteiger partial charge is 0.339 e. The third kappa shape index (κ3) is 3.59. The van der Waals surface area contributed by atoms with Crippen molar-refractivity contribution in [1.29, 1.82) is 0 Å². The number of rotatable bonds is 6. The molecule has 0 saturated carbocycles. The van der Waals surface area contributed by atoms with Crippen molar-refractivity contribution in [2.75, 3.05) is 19.6 Å². The van der Waals surface area contributed by atoms with Gasteiger partial charge in [0.1, 0.15) is 0 Å². The van der Waals surface area contributed by atoms with Crippen LogP contribution in [0, 0.1) is 0 Å². The lowest BCUT2D eigenvalue weighted by Gasteiger charge is -2.29. The van der Waals surface area contributed by atoms with Gasteiger partial charge < -0.3 is 9.88 Å². The zero-order valence-electron chi connectivity index (χ0n) is 12.2. The number of imidazole rings is 1. The standard InChI is InChI=1S/C13H24N4O2S/c1-3-8-17(9-12-6-4-5-7-14-12)20(18,19)13-10-16(2)11-15-13/h10-12,14H,3-9H2,1-2H3. The third-order valence-electron chi connectivity index (χ3n) is 3.59. The molecule has 0 bridgehead atoms. The van der Waals surface area contributed by atoms with E-state index in [-0.39, 0.29) is 11.1 Å². The molecule has 1 aliphatic heterocycles. The molecule has 1 saturated heterocycles. The van der Waals surface area contributed by atoms with E-state index < -0.39 is 10.0 Å². The van der Waals surface area contributed by atoms with Crippen LogP contribution in [0.2, 0.25) is 0 Å². The van der Waals surface area contributed by atoms with Gasteiger partial charge in [-0.3, -0.25) is 0 Å². The molecule has 7 heteroatoms. The fourth-order valence-electron chi connectivity index (χ4n) is 2.54. The average Bonchev–Trinajstić information content (AvgIpc) is 2.87. The highest BCUT2D eigenvalue weighted by molar-refractivity contribution is 7.89. The molecule has 1 atom stereocenters. The smallest absolute Gasteiger partial charge is 0.262 e. The van der Waals surface area contributed by atoms with E-state index in [9.17, 15) is 8.42 Å². The lowest BCUT2D eigenvalue weighted by Crippen LogP contribution is -2.46. The average molecular weight is 300 g/mol. The first-order chi connectivity index (χ1) is 9.54. The van der Waals surface area contributed by atoms with Crippen molar-refractivity contribution in [2.24, 2.45) is 7.05 Å². The monoisotopic (exact) mass is 300 g/mol. The highest BCUT2D eigenvalue weighted by Gasteiger charge is 2.28. The predicted octanol–water partition coefficient (Wildman–Crippen LogP) is 0.963. The molecule has 1 N–H and O–H groups in total. The maximum atomic E-state index is 12.6. The molecule has 0 spiro atoms. The molecule has 1 aliphatic rings. The van der Waals surface area contributed by atoms with E-state index in [0.717, 1.165) is 19.4 Å². The normalized spacial score (nSPS) is 20.4. The van der Waals surface area contributed by atoms with Crippen molar-refractivity contribution < 1.29 is 8.42 Å². The summed E-state index contributed by atoms with van der Waals surface area (Å²) < 4.78 is 28.5. The van der Waals surface area contributed by atoms with Gasteiger partial charge in [0, 0.05) is 32.4 Å². The molecule has 1 aromatic heterocycles. The second kappa shape index (κ2) is 6.69. The fraction of sp³-hybridized carbons (Fsp3) is 0.769. The Labute approximate surface area is 121 Å². The van der Waals surface area contributed by atoms with Crippen molar-refractivity contribution >= 4 is 10.0 Å². The van der Waals surface area contributed by atoms with Crippen molar-refractivity contribution in [1.82, 2.24) is 19.2 Å². The van der Waals surface area contributed by atoms with Gasteiger partial charge in [0.2, 0.25) is 0 Å². The van der Waals surface area contributed by atoms with Crippen LogP contribution in [-0.4, -0.2) is 48.0 Å². The van der Waals surface area contributed by atoms with Crippen LogP contribution in [0.25, 0.3) is 0 Å². The minimum absolute atomic E-state index is 0.143. The lowest BCUT2D eigenvalue weighted by atomic mass is 10.1. The Morgan fingerprint density at radius 3 is 2.85 bits per heavy atom. The summed E-state index contributed by atoms with van der Waals surface area (Å²) in [4.78, 5) is 4.00. The molecule has 0 radical (unpaired) electrons. The van der Waals surface area contributed by atoms with Gasteiger partial charge in [-0.2, -0.15) is 4.31 Å². The van der Waals surface area contributed by atoms with Crippen LogP contribution in [0.3, 0.4) is 0 Å². The molecule has 114 valence electrons. The Morgan fingerprint density at radius 1 is 1.50 bits per heavy atom. The van der Waals surface area contributed by atoms with Crippen LogP contribution >= 0.6 is 0 Å². The topological polar surface area (TPSA) is 67.2 Å². The van der Waals surface area contributed by atoms with Crippen LogP contribution in [0.15, 0.2) is 17.6 Å². The number of hydrogen-bond donors (Lipinski definition) is 1. The highest BCUT2D eigenvalue weighted by Crippen LogP contribution is 2.16. The first-order valence-electron chi connectivity index (χ1n) is 7.25. The van der Waals surface area contributed by atoms with Gasteiger partial charge in [0.15, 0.2) is 5.03 Å². The lowest BCUT2D eigenvalue weighted by molar-refractivity contribution is 0.312. The first kappa shape index (κ1) is 15.5. The Balaban J connectivity index is 2.14. The maximum Gasteiger partial charge on any atom is 0.262 e. The number of aromatic nitrogens is 2. The van der Waals surface area contributed by atoms with Gasteiger partial charge in [-0.1, -0.05) is 13.3 Å². The van der Waals surface area contributed by atoms with E-state index >= 15 is 0 Å². The van der Waals surface area contributed by atoms with Gasteiger partial charge in [0.05, 0.1) is 6.33 Å². The molecule has 1 unspecified atom stereocenters. The summed E-state index contributed by atoms with van der Waals surface area (Å²) in [6.07, 6.45) is 7.28. The predicted molar refractivity (Wildman–Crippen MR) is 77.9 cm³/mol. The van der Waals surface area contributed by atoms with Crippen molar-refractivity contribution in [2.45, 2.75) is 43.7 Å². The van der Waals surface area contributed by atoms with E-state index in [2.05, 4.69) is 10.3 Å². The Kier molecular flexibility index (Phi) is 5.17. The molecule has 1 fully saturated rings. The van der Waals surface area contributed by atoms with Gasteiger partial charge in [-0.05, 0) is 25.8 Å². The number of nitrogens with one attached hydrogen (secondary N) is 1. The quantitative estimate of drug-likeness (QED) is 0.850. The molecular formula is C13H24N4O2S. The third-order valence-corrected chi connectivity index (χ3v) is 5.35. The zero-order valence-corrected chi connectivity index (χ0v) is 13.1. The van der Waals surface area contributed by atoms with E-state index in [1.165, 1.54) is 19.2 Å². The van der Waals surface area contributed by atoms with Gasteiger partial charge >= 0.3 is 0 Å². The molecule has 2 heterocycles. The maximum absolute atomic E-state index is 12.6. The van der Waals surface area contributed by atoms with Crippen LogP contribution in [-0.2, 0) is 17.1 Å². The second-order valence-corrected chi connectivity index (χ2v) is 7.27. The van der Waals surface area contributed by atoms with Gasteiger partial charge in [0.25, 0.3) is 10.0 Å². The second-order valence-electron chi connectivity index (χ2n) is 5.39. The number of piperidine rings is 1. The van der Waals surface area contributed by atoms with Crippen molar-refractivity contribution in [3.05, 3.63) is 12.5 Å². The summed E-state index contributed by atoms with van der Waals surface area (Å²) >= 11 is 0. The molecule has 6 nitrogen and oxygen atoms in total. The number of aryl methyl sites for hydroxylation is 1. The van der Waals surface area contributed by atoms with Crippen LogP contribution in [0.5, 0.6) is 0 Å². The molecule has 0 amide bonds. The van der Waals surface area contributed by atoms with Crippen molar-refractivity contribution in [3.63, 3.8) is 0 Å². The number of hydrogen-bond acceptors (Lipinski definition) is 4. The van der Waals surface area contributed by atoms with Crippen molar-refractivity contribution in [3.8, 4) is 0 Å². The molecule has 0 aliphatic carbocycles. The summed E-state index contributed by atoms with van der Waals surface area (Å²) in [7, 11) is -1.70. The van der Waals surface area contributed by atoms with E-state index in [4.69, 9.17) is 0 Å². The Bertz CT molecular complexity index is 520. The summed E-state index contributed by atoms with van der Waals surface area (Å²) in [5, 5.41) is 3.55. The number of nitrogens with zero attached hydrogens (tertiary/aromatic N) is 3.